The summed E-state index contributed by atoms with van der Waals surface area (Å²) in [7, 11) is 0. The first-order valence-electron chi connectivity index (χ1n) is 12.3. The number of rotatable bonds is 5. The summed E-state index contributed by atoms with van der Waals surface area (Å²) in [6, 6.07) is 2.84. The topological polar surface area (TPSA) is 114 Å². The van der Waals surface area contributed by atoms with Gasteiger partial charge in [0.05, 0.1) is 35.2 Å². The van der Waals surface area contributed by atoms with Crippen molar-refractivity contribution in [1.29, 1.82) is 0 Å². The van der Waals surface area contributed by atoms with Crippen molar-refractivity contribution >= 4 is 39.1 Å². The molecule has 2 amide bonds. The molecule has 11 heteroatoms. The van der Waals surface area contributed by atoms with Gasteiger partial charge in [0.25, 0.3) is 11.6 Å². The third-order valence-corrected chi connectivity index (χ3v) is 7.27. The van der Waals surface area contributed by atoms with E-state index in [1.165, 1.54) is 6.07 Å². The van der Waals surface area contributed by atoms with Crippen molar-refractivity contribution in [1.82, 2.24) is 9.80 Å². The molecule has 1 aromatic carbocycles. The van der Waals surface area contributed by atoms with E-state index in [1.54, 1.807) is 11.0 Å². The first-order chi connectivity index (χ1) is 16.7. The van der Waals surface area contributed by atoms with Crippen LogP contribution in [-0.4, -0.2) is 84.2 Å². The number of carbonyl (C=O) groups is 2. The second-order valence-corrected chi connectivity index (χ2v) is 10.7. The summed E-state index contributed by atoms with van der Waals surface area (Å²) in [6.45, 7) is 6.87. The molecule has 0 aromatic heterocycles. The fraction of sp³-hybridized carbons (Fsp3) is 0.667. The molecular weight excluding hydrogens is 520 g/mol. The number of halogens is 1. The van der Waals surface area contributed by atoms with Gasteiger partial charge in [-0.25, -0.2) is 0 Å². The Morgan fingerprint density at radius 3 is 2.51 bits per heavy atom. The molecule has 4 rings (SSSR count). The largest absolute Gasteiger partial charge is 0.381 e. The second-order valence-electron chi connectivity index (χ2n) is 9.75. The number of amides is 2. The normalized spacial score (nSPS) is 27.4. The Balaban J connectivity index is 1.57. The Kier molecular flexibility index (Phi) is 8.28. The maximum atomic E-state index is 13.6. The smallest absolute Gasteiger partial charge is 0.294 e. The van der Waals surface area contributed by atoms with E-state index in [4.69, 9.17) is 9.47 Å². The van der Waals surface area contributed by atoms with Gasteiger partial charge in [-0.2, -0.15) is 0 Å². The molecule has 192 valence electrons. The quantitative estimate of drug-likeness (QED) is 0.439. The lowest BCUT2D eigenvalue weighted by molar-refractivity contribution is -0.384. The van der Waals surface area contributed by atoms with Crippen LogP contribution in [0, 0.1) is 16.0 Å². The summed E-state index contributed by atoms with van der Waals surface area (Å²) in [5, 5.41) is 15.3. The van der Waals surface area contributed by atoms with Crippen LogP contribution in [0.3, 0.4) is 0 Å². The van der Waals surface area contributed by atoms with Crippen LogP contribution in [0.4, 0.5) is 11.4 Å². The van der Waals surface area contributed by atoms with E-state index in [0.717, 1.165) is 25.7 Å². The minimum Gasteiger partial charge on any atom is -0.381 e. The van der Waals surface area contributed by atoms with Gasteiger partial charge in [0, 0.05) is 49.4 Å². The highest BCUT2D eigenvalue weighted by atomic mass is 79.9. The molecule has 10 nitrogen and oxygen atoms in total. The number of hydrogen-bond donors (Lipinski definition) is 1. The lowest BCUT2D eigenvalue weighted by atomic mass is 9.97. The highest BCUT2D eigenvalue weighted by Crippen LogP contribution is 2.35. The van der Waals surface area contributed by atoms with E-state index in [-0.39, 0.29) is 52.9 Å². The first-order valence-corrected chi connectivity index (χ1v) is 13.1. The van der Waals surface area contributed by atoms with Crippen LogP contribution in [-0.2, 0) is 14.3 Å². The van der Waals surface area contributed by atoms with Crippen LogP contribution in [0.1, 0.15) is 49.9 Å². The van der Waals surface area contributed by atoms with Gasteiger partial charge >= 0.3 is 0 Å². The van der Waals surface area contributed by atoms with Crippen LogP contribution in [0.2, 0.25) is 0 Å². The van der Waals surface area contributed by atoms with Crippen LogP contribution < -0.4 is 5.32 Å². The third-order valence-electron chi connectivity index (χ3n) is 6.81. The SMILES string of the molecule is C[C@@H]1CN(C(=O)c2cc(Br)cc([N+](=O)[O-])c2N[C@@H]2CCCN(C(=O)[C@@H]3CCCOC3)C2)C[C@H](C)O1. The number of anilines is 1. The van der Waals surface area contributed by atoms with Crippen molar-refractivity contribution in [3.63, 3.8) is 0 Å². The number of nitro benzene ring substituents is 1. The van der Waals surface area contributed by atoms with Gasteiger partial charge in [-0.15, -0.1) is 0 Å². The summed E-state index contributed by atoms with van der Waals surface area (Å²) in [4.78, 5) is 41.6. The van der Waals surface area contributed by atoms with Crippen LogP contribution >= 0.6 is 15.9 Å². The summed E-state index contributed by atoms with van der Waals surface area (Å²) in [6.07, 6.45) is 2.98. The maximum Gasteiger partial charge on any atom is 0.294 e. The zero-order chi connectivity index (χ0) is 25.1. The fourth-order valence-electron chi connectivity index (χ4n) is 5.26. The van der Waals surface area contributed by atoms with E-state index >= 15 is 0 Å². The number of likely N-dealkylation sites (tertiary alicyclic amines) is 1. The molecule has 3 saturated heterocycles. The molecule has 0 spiro atoms. The van der Waals surface area contributed by atoms with Crippen molar-refractivity contribution < 1.29 is 24.0 Å². The Morgan fingerprint density at radius 2 is 1.86 bits per heavy atom. The highest BCUT2D eigenvalue weighted by molar-refractivity contribution is 9.10. The number of benzene rings is 1. The first kappa shape index (κ1) is 25.8. The lowest BCUT2D eigenvalue weighted by Gasteiger charge is -2.37. The lowest BCUT2D eigenvalue weighted by Crippen LogP contribution is -2.49. The molecule has 3 aliphatic rings. The summed E-state index contributed by atoms with van der Waals surface area (Å²) in [5.74, 6) is -0.331. The van der Waals surface area contributed by atoms with Crippen LogP contribution in [0.5, 0.6) is 0 Å². The molecule has 35 heavy (non-hydrogen) atoms. The van der Waals surface area contributed by atoms with E-state index in [9.17, 15) is 19.7 Å². The molecule has 3 fully saturated rings. The van der Waals surface area contributed by atoms with Crippen molar-refractivity contribution in [2.45, 2.75) is 57.8 Å². The summed E-state index contributed by atoms with van der Waals surface area (Å²) < 4.78 is 11.7. The van der Waals surface area contributed by atoms with E-state index in [0.29, 0.717) is 43.9 Å². The third kappa shape index (κ3) is 6.13. The minimum atomic E-state index is -0.473. The van der Waals surface area contributed by atoms with Gasteiger partial charge in [0.15, 0.2) is 0 Å². The number of morpholine rings is 1. The zero-order valence-electron chi connectivity index (χ0n) is 20.2. The van der Waals surface area contributed by atoms with Crippen molar-refractivity contribution in [2.75, 3.05) is 44.7 Å². The zero-order valence-corrected chi connectivity index (χ0v) is 21.8. The molecule has 3 heterocycles. The Bertz CT molecular complexity index is 960. The molecule has 4 atom stereocenters. The van der Waals surface area contributed by atoms with E-state index in [1.807, 2.05) is 18.7 Å². The van der Waals surface area contributed by atoms with E-state index < -0.39 is 4.92 Å². The number of ether oxygens (including phenoxy) is 2. The molecule has 1 N–H and O–H groups in total. The van der Waals surface area contributed by atoms with Crippen LogP contribution in [0.25, 0.3) is 0 Å². The van der Waals surface area contributed by atoms with Gasteiger partial charge < -0.3 is 24.6 Å². The molecule has 0 aliphatic carbocycles. The Hall–Kier alpha value is -2.24. The molecular formula is C24H33BrN4O6. The van der Waals surface area contributed by atoms with Crippen LogP contribution in [0.15, 0.2) is 16.6 Å². The number of hydrogen-bond acceptors (Lipinski definition) is 7. The van der Waals surface area contributed by atoms with Gasteiger partial charge in [-0.05, 0) is 45.6 Å². The number of nitrogens with zero attached hydrogens (tertiary/aromatic N) is 3. The molecule has 0 unspecified atom stereocenters. The molecule has 1 aromatic rings. The Morgan fingerprint density at radius 1 is 1.11 bits per heavy atom. The van der Waals surface area contributed by atoms with Gasteiger partial charge in [-0.3, -0.25) is 19.7 Å². The number of piperidine rings is 1. The summed E-state index contributed by atoms with van der Waals surface area (Å²) in [5.41, 5.74) is 0.285. The number of carbonyl (C=O) groups excluding carboxylic acids is 2. The maximum absolute atomic E-state index is 13.6. The Labute approximate surface area is 213 Å². The highest BCUT2D eigenvalue weighted by Gasteiger charge is 2.34. The molecule has 0 bridgehead atoms. The monoisotopic (exact) mass is 552 g/mol. The average molecular weight is 553 g/mol. The van der Waals surface area contributed by atoms with Crippen molar-refractivity contribution in [2.24, 2.45) is 5.92 Å². The van der Waals surface area contributed by atoms with E-state index in [2.05, 4.69) is 21.2 Å². The second kappa shape index (κ2) is 11.2. The molecule has 0 saturated carbocycles. The van der Waals surface area contributed by atoms with Gasteiger partial charge in [-0.1, -0.05) is 15.9 Å². The average Bonchev–Trinajstić information content (AvgIpc) is 2.84. The number of nitro groups is 1. The van der Waals surface area contributed by atoms with Crippen molar-refractivity contribution in [3.05, 3.63) is 32.3 Å². The molecule has 0 radical (unpaired) electrons. The number of nitrogens with one attached hydrogen (secondary N) is 1. The fourth-order valence-corrected chi connectivity index (χ4v) is 5.71. The predicted octanol–water partition coefficient (Wildman–Crippen LogP) is 3.44. The standard InChI is InChI=1S/C24H33BrN4O6/c1-15-11-28(12-16(2)35-15)24(31)20-9-18(25)10-21(29(32)33)22(20)26-19-6-3-7-27(13-19)23(30)17-5-4-8-34-14-17/h9-10,15-17,19,26H,3-8,11-14H2,1-2H3/t15-,16+,17-,19-/m1/s1. The summed E-state index contributed by atoms with van der Waals surface area (Å²) >= 11 is 3.34. The van der Waals surface area contributed by atoms with Crippen molar-refractivity contribution in [3.8, 4) is 0 Å². The van der Waals surface area contributed by atoms with Gasteiger partial charge in [0.2, 0.25) is 5.91 Å². The minimum absolute atomic E-state index is 0.0779. The predicted molar refractivity (Wildman–Crippen MR) is 133 cm³/mol. The van der Waals surface area contributed by atoms with Gasteiger partial charge in [0.1, 0.15) is 5.69 Å². The molecule has 3 aliphatic heterocycles.